The molecule has 80 valence electrons. The zero-order valence-corrected chi connectivity index (χ0v) is 9.77. The van der Waals surface area contributed by atoms with E-state index in [1.807, 2.05) is 30.0 Å². The molecule has 1 fully saturated rings. The fraction of sp³-hybridized carbons (Fsp3) is 0.364. The molecule has 1 saturated heterocycles. The number of rotatable bonds is 2. The van der Waals surface area contributed by atoms with E-state index in [0.717, 1.165) is 17.9 Å². The van der Waals surface area contributed by atoms with Gasteiger partial charge in [-0.05, 0) is 24.3 Å². The van der Waals surface area contributed by atoms with E-state index in [1.165, 1.54) is 0 Å². The standard InChI is InChI=1S/C11H12ClNOS/c12-9-3-1-2-4-10(9)13-11(14)8-5-6-15-7-8/h1-4,8H,5-7H2,(H,13,14). The first-order chi connectivity index (χ1) is 7.27. The monoisotopic (exact) mass is 241 g/mol. The number of halogens is 1. The molecule has 2 rings (SSSR count). The Bertz CT molecular complexity index is 363. The van der Waals surface area contributed by atoms with Gasteiger partial charge in [-0.15, -0.1) is 0 Å². The number of hydrogen-bond acceptors (Lipinski definition) is 2. The van der Waals surface area contributed by atoms with Crippen LogP contribution >= 0.6 is 23.4 Å². The van der Waals surface area contributed by atoms with Crippen molar-refractivity contribution in [3.05, 3.63) is 29.3 Å². The quantitative estimate of drug-likeness (QED) is 0.863. The summed E-state index contributed by atoms with van der Waals surface area (Å²) in [5.74, 6) is 2.25. The molecule has 0 bridgehead atoms. The molecule has 4 heteroatoms. The van der Waals surface area contributed by atoms with Crippen molar-refractivity contribution in [2.24, 2.45) is 5.92 Å². The van der Waals surface area contributed by atoms with E-state index in [4.69, 9.17) is 11.6 Å². The molecule has 1 atom stereocenters. The average molecular weight is 242 g/mol. The predicted octanol–water partition coefficient (Wildman–Crippen LogP) is 3.03. The Balaban J connectivity index is 2.02. The molecule has 0 aliphatic carbocycles. The Morgan fingerprint density at radius 2 is 2.27 bits per heavy atom. The zero-order valence-electron chi connectivity index (χ0n) is 8.20. The molecule has 0 saturated carbocycles. The van der Waals surface area contributed by atoms with Gasteiger partial charge in [-0.3, -0.25) is 4.79 Å². The number of para-hydroxylation sites is 1. The Morgan fingerprint density at radius 3 is 2.93 bits per heavy atom. The van der Waals surface area contributed by atoms with Gasteiger partial charge < -0.3 is 5.32 Å². The SMILES string of the molecule is O=C(Nc1ccccc1Cl)C1CCSC1. The molecule has 1 unspecified atom stereocenters. The lowest BCUT2D eigenvalue weighted by atomic mass is 10.1. The molecule has 0 spiro atoms. The summed E-state index contributed by atoms with van der Waals surface area (Å²) in [7, 11) is 0. The van der Waals surface area contributed by atoms with E-state index in [0.29, 0.717) is 10.7 Å². The summed E-state index contributed by atoms with van der Waals surface area (Å²) in [6, 6.07) is 7.32. The minimum atomic E-state index is 0.0908. The first-order valence-electron chi connectivity index (χ1n) is 4.90. The van der Waals surface area contributed by atoms with Crippen LogP contribution in [0.5, 0.6) is 0 Å². The normalized spacial score (nSPS) is 20.2. The van der Waals surface area contributed by atoms with Gasteiger partial charge in [-0.2, -0.15) is 11.8 Å². The van der Waals surface area contributed by atoms with Crippen molar-refractivity contribution in [3.8, 4) is 0 Å². The van der Waals surface area contributed by atoms with Gasteiger partial charge in [0.1, 0.15) is 0 Å². The molecular weight excluding hydrogens is 230 g/mol. The number of thioether (sulfide) groups is 1. The van der Waals surface area contributed by atoms with E-state index in [1.54, 1.807) is 6.07 Å². The summed E-state index contributed by atoms with van der Waals surface area (Å²) in [5, 5.41) is 3.46. The maximum absolute atomic E-state index is 11.8. The van der Waals surface area contributed by atoms with Crippen molar-refractivity contribution in [1.29, 1.82) is 0 Å². The van der Waals surface area contributed by atoms with Crippen LogP contribution < -0.4 is 5.32 Å². The summed E-state index contributed by atoms with van der Waals surface area (Å²) in [4.78, 5) is 11.8. The summed E-state index contributed by atoms with van der Waals surface area (Å²) in [6.07, 6.45) is 0.973. The fourth-order valence-electron chi connectivity index (χ4n) is 1.54. The summed E-state index contributed by atoms with van der Waals surface area (Å²) in [6.45, 7) is 0. The third kappa shape index (κ3) is 2.67. The van der Waals surface area contributed by atoms with E-state index in [-0.39, 0.29) is 11.8 Å². The van der Waals surface area contributed by atoms with Crippen LogP contribution in [0.1, 0.15) is 6.42 Å². The Morgan fingerprint density at radius 1 is 1.47 bits per heavy atom. The van der Waals surface area contributed by atoms with Crippen molar-refractivity contribution in [3.63, 3.8) is 0 Å². The summed E-state index contributed by atoms with van der Waals surface area (Å²) in [5.41, 5.74) is 0.709. The number of carbonyl (C=O) groups is 1. The van der Waals surface area contributed by atoms with E-state index in [2.05, 4.69) is 5.32 Å². The van der Waals surface area contributed by atoms with Gasteiger partial charge in [0.25, 0.3) is 0 Å². The average Bonchev–Trinajstić information content (AvgIpc) is 2.74. The highest BCUT2D eigenvalue weighted by molar-refractivity contribution is 7.99. The molecule has 1 aromatic rings. The lowest BCUT2D eigenvalue weighted by Gasteiger charge is -2.10. The van der Waals surface area contributed by atoms with Gasteiger partial charge in [0.2, 0.25) is 5.91 Å². The lowest BCUT2D eigenvalue weighted by molar-refractivity contribution is -0.119. The second-order valence-corrected chi connectivity index (χ2v) is 5.09. The maximum Gasteiger partial charge on any atom is 0.228 e. The van der Waals surface area contributed by atoms with Crippen molar-refractivity contribution >= 4 is 35.0 Å². The van der Waals surface area contributed by atoms with Gasteiger partial charge in [0.15, 0.2) is 0 Å². The van der Waals surface area contributed by atoms with Crippen LogP contribution in [0.3, 0.4) is 0 Å². The van der Waals surface area contributed by atoms with Gasteiger partial charge in [-0.25, -0.2) is 0 Å². The van der Waals surface area contributed by atoms with Gasteiger partial charge in [0, 0.05) is 11.7 Å². The third-order valence-electron chi connectivity index (χ3n) is 2.43. The molecule has 1 aromatic carbocycles. The number of amides is 1. The van der Waals surface area contributed by atoms with Crippen LogP contribution in [0.15, 0.2) is 24.3 Å². The topological polar surface area (TPSA) is 29.1 Å². The fourth-order valence-corrected chi connectivity index (χ4v) is 2.94. The second-order valence-electron chi connectivity index (χ2n) is 3.53. The van der Waals surface area contributed by atoms with E-state index < -0.39 is 0 Å². The third-order valence-corrected chi connectivity index (χ3v) is 3.92. The van der Waals surface area contributed by atoms with E-state index >= 15 is 0 Å². The lowest BCUT2D eigenvalue weighted by Crippen LogP contribution is -2.22. The molecule has 0 aromatic heterocycles. The number of nitrogens with one attached hydrogen (secondary N) is 1. The predicted molar refractivity (Wildman–Crippen MR) is 65.5 cm³/mol. The van der Waals surface area contributed by atoms with Crippen LogP contribution in [0.2, 0.25) is 5.02 Å². The number of carbonyl (C=O) groups excluding carboxylic acids is 1. The van der Waals surface area contributed by atoms with Crippen molar-refractivity contribution in [1.82, 2.24) is 0 Å². The van der Waals surface area contributed by atoms with Gasteiger partial charge in [-0.1, -0.05) is 23.7 Å². The highest BCUT2D eigenvalue weighted by atomic mass is 35.5. The first kappa shape index (κ1) is 10.8. The van der Waals surface area contributed by atoms with Gasteiger partial charge in [0.05, 0.1) is 10.7 Å². The van der Waals surface area contributed by atoms with Crippen molar-refractivity contribution in [2.75, 3.05) is 16.8 Å². The van der Waals surface area contributed by atoms with Crippen LogP contribution in [0, 0.1) is 5.92 Å². The molecular formula is C11H12ClNOS. The van der Waals surface area contributed by atoms with Crippen LogP contribution in [0.25, 0.3) is 0 Å². The molecule has 0 radical (unpaired) electrons. The first-order valence-corrected chi connectivity index (χ1v) is 6.44. The molecule has 1 N–H and O–H groups in total. The van der Waals surface area contributed by atoms with Crippen LogP contribution in [0.4, 0.5) is 5.69 Å². The van der Waals surface area contributed by atoms with Crippen molar-refractivity contribution < 1.29 is 4.79 Å². The Hall–Kier alpha value is -0.670. The zero-order chi connectivity index (χ0) is 10.7. The second kappa shape index (κ2) is 4.90. The smallest absolute Gasteiger partial charge is 0.228 e. The van der Waals surface area contributed by atoms with Crippen LogP contribution in [-0.2, 0) is 4.79 Å². The minimum absolute atomic E-state index is 0.0908. The Labute approximate surface area is 98.4 Å². The largest absolute Gasteiger partial charge is 0.324 e. The summed E-state index contributed by atoms with van der Waals surface area (Å²) < 4.78 is 0. The highest BCUT2D eigenvalue weighted by Crippen LogP contribution is 2.26. The molecule has 1 aliphatic heterocycles. The summed E-state index contributed by atoms with van der Waals surface area (Å²) >= 11 is 7.79. The Kier molecular flexibility index (Phi) is 3.54. The van der Waals surface area contributed by atoms with E-state index in [9.17, 15) is 4.79 Å². The molecule has 1 heterocycles. The van der Waals surface area contributed by atoms with Crippen LogP contribution in [-0.4, -0.2) is 17.4 Å². The van der Waals surface area contributed by atoms with Crippen molar-refractivity contribution in [2.45, 2.75) is 6.42 Å². The molecule has 2 nitrogen and oxygen atoms in total. The molecule has 1 aliphatic rings. The minimum Gasteiger partial charge on any atom is -0.324 e. The number of anilines is 1. The van der Waals surface area contributed by atoms with Gasteiger partial charge >= 0.3 is 0 Å². The maximum atomic E-state index is 11.8. The number of benzene rings is 1. The number of hydrogen-bond donors (Lipinski definition) is 1. The highest BCUT2D eigenvalue weighted by Gasteiger charge is 2.23. The molecule has 1 amide bonds. The molecule has 15 heavy (non-hydrogen) atoms.